The first-order valence-corrected chi connectivity index (χ1v) is 12.2. The monoisotopic (exact) mass is 498 g/mol. The predicted molar refractivity (Wildman–Crippen MR) is 128 cm³/mol. The molecular weight excluding hydrogens is 464 g/mol. The number of thioether (sulfide) groups is 1. The van der Waals surface area contributed by atoms with Crippen LogP contribution >= 0.6 is 11.8 Å². The van der Waals surface area contributed by atoms with Crippen molar-refractivity contribution >= 4 is 35.5 Å². The lowest BCUT2D eigenvalue weighted by Gasteiger charge is -2.26. The van der Waals surface area contributed by atoms with Gasteiger partial charge in [0.15, 0.2) is 6.04 Å². The molecule has 1 aromatic rings. The van der Waals surface area contributed by atoms with Crippen LogP contribution in [0.3, 0.4) is 0 Å². The van der Waals surface area contributed by atoms with Crippen molar-refractivity contribution in [3.63, 3.8) is 0 Å². The molecule has 0 bridgehead atoms. The van der Waals surface area contributed by atoms with Gasteiger partial charge < -0.3 is 37.0 Å². The number of benzene rings is 1. The van der Waals surface area contributed by atoms with Gasteiger partial charge in [0.25, 0.3) is 0 Å². The zero-order valence-corrected chi connectivity index (χ0v) is 20.2. The van der Waals surface area contributed by atoms with Crippen LogP contribution in [0.15, 0.2) is 30.3 Å². The van der Waals surface area contributed by atoms with Crippen LogP contribution in [0.2, 0.25) is 0 Å². The van der Waals surface area contributed by atoms with Gasteiger partial charge in [-0.15, -0.1) is 0 Å². The summed E-state index contributed by atoms with van der Waals surface area (Å²) >= 11 is 1.45. The Kier molecular flexibility index (Phi) is 12.6. The lowest BCUT2D eigenvalue weighted by molar-refractivity contribution is -0.145. The average molecular weight is 499 g/mol. The van der Waals surface area contributed by atoms with Gasteiger partial charge in [0.2, 0.25) is 17.7 Å². The number of nitrogens with one attached hydrogen (secondary N) is 3. The Balaban J connectivity index is 3.10. The van der Waals surface area contributed by atoms with Gasteiger partial charge in [-0.25, -0.2) is 4.79 Å². The fourth-order valence-corrected chi connectivity index (χ4v) is 3.44. The molecule has 6 unspecified atom stereocenters. The van der Waals surface area contributed by atoms with E-state index in [0.717, 1.165) is 0 Å². The Bertz CT molecular complexity index is 823. The highest BCUT2D eigenvalue weighted by molar-refractivity contribution is 7.98. The molecule has 0 saturated heterocycles. The molecule has 8 N–H and O–H groups in total. The highest BCUT2D eigenvalue weighted by atomic mass is 32.2. The maximum absolute atomic E-state index is 13.1. The van der Waals surface area contributed by atoms with Gasteiger partial charge in [-0.3, -0.25) is 14.4 Å². The zero-order valence-electron chi connectivity index (χ0n) is 19.4. The highest BCUT2D eigenvalue weighted by Gasteiger charge is 2.32. The number of carboxylic acids is 1. The first-order chi connectivity index (χ1) is 16.0. The number of aliphatic carboxylic acids is 1. The van der Waals surface area contributed by atoms with E-state index in [1.807, 2.05) is 6.26 Å². The molecule has 0 fully saturated rings. The quantitative estimate of drug-likeness (QED) is 0.162. The molecule has 0 aliphatic rings. The Labute approximate surface area is 202 Å². The molecule has 0 saturated carbocycles. The summed E-state index contributed by atoms with van der Waals surface area (Å²) < 4.78 is 0. The number of carbonyl (C=O) groups excluding carboxylic acids is 3. The Morgan fingerprint density at radius 1 is 0.912 bits per heavy atom. The van der Waals surface area contributed by atoms with E-state index in [4.69, 9.17) is 5.73 Å². The maximum Gasteiger partial charge on any atom is 0.328 e. The largest absolute Gasteiger partial charge is 0.480 e. The molecular formula is C22H34N4O7S. The Morgan fingerprint density at radius 3 is 1.97 bits per heavy atom. The molecule has 0 aromatic heterocycles. The maximum atomic E-state index is 13.1. The normalized spacial score (nSPS) is 16.3. The number of aliphatic hydroxyl groups excluding tert-OH is 2. The van der Waals surface area contributed by atoms with Crippen LogP contribution in [0.25, 0.3) is 0 Å². The van der Waals surface area contributed by atoms with E-state index >= 15 is 0 Å². The third-order valence-corrected chi connectivity index (χ3v) is 5.67. The first kappa shape index (κ1) is 29.4. The number of rotatable bonds is 14. The minimum atomic E-state index is -1.57. The number of aliphatic hydroxyl groups is 2. The molecule has 3 amide bonds. The minimum Gasteiger partial charge on any atom is -0.480 e. The first-order valence-electron chi connectivity index (χ1n) is 10.8. The van der Waals surface area contributed by atoms with Crippen molar-refractivity contribution in [3.8, 4) is 0 Å². The van der Waals surface area contributed by atoms with Gasteiger partial charge in [0.1, 0.15) is 18.1 Å². The van der Waals surface area contributed by atoms with Gasteiger partial charge in [0.05, 0.1) is 12.2 Å². The number of hydrogen-bond donors (Lipinski definition) is 7. The fraction of sp³-hybridized carbons (Fsp3) is 0.545. The van der Waals surface area contributed by atoms with Crippen molar-refractivity contribution in [2.75, 3.05) is 12.0 Å². The van der Waals surface area contributed by atoms with Crippen LogP contribution in [0.4, 0.5) is 0 Å². The van der Waals surface area contributed by atoms with Gasteiger partial charge >= 0.3 is 5.97 Å². The van der Waals surface area contributed by atoms with E-state index in [1.54, 1.807) is 30.3 Å². The summed E-state index contributed by atoms with van der Waals surface area (Å²) in [5, 5.41) is 35.9. The zero-order chi connectivity index (χ0) is 25.8. The molecule has 1 aromatic carbocycles. The molecule has 12 heteroatoms. The van der Waals surface area contributed by atoms with E-state index < -0.39 is 60.1 Å². The van der Waals surface area contributed by atoms with Crippen LogP contribution in [0.1, 0.15) is 25.8 Å². The smallest absolute Gasteiger partial charge is 0.328 e. The Morgan fingerprint density at radius 2 is 1.47 bits per heavy atom. The summed E-state index contributed by atoms with van der Waals surface area (Å²) in [6.45, 7) is 2.58. The number of carbonyl (C=O) groups is 4. The molecule has 34 heavy (non-hydrogen) atoms. The molecule has 6 atom stereocenters. The van der Waals surface area contributed by atoms with Crippen LogP contribution in [0.5, 0.6) is 0 Å². The second-order valence-electron chi connectivity index (χ2n) is 7.93. The number of carboxylic acid groups (broad SMARTS) is 1. The lowest BCUT2D eigenvalue weighted by Crippen LogP contribution is -2.59. The summed E-state index contributed by atoms with van der Waals surface area (Å²) in [5.74, 6) is -3.10. The SMILES string of the molecule is CSCCC(NC(=O)C(N)C(C)O)C(=O)NC(Cc1ccccc1)C(=O)NC(C(=O)O)C(C)O. The summed E-state index contributed by atoms with van der Waals surface area (Å²) in [7, 11) is 0. The van der Waals surface area contributed by atoms with Gasteiger partial charge in [-0.05, 0) is 37.8 Å². The lowest BCUT2D eigenvalue weighted by atomic mass is 10.0. The predicted octanol–water partition coefficient (Wildman–Crippen LogP) is -1.39. The van der Waals surface area contributed by atoms with Crippen molar-refractivity contribution < 1.29 is 34.5 Å². The summed E-state index contributed by atoms with van der Waals surface area (Å²) in [6.07, 6.45) is -0.400. The third kappa shape index (κ3) is 9.67. The van der Waals surface area contributed by atoms with Crippen molar-refractivity contribution in [2.24, 2.45) is 5.73 Å². The molecule has 0 aliphatic carbocycles. The number of amides is 3. The van der Waals surface area contributed by atoms with Crippen molar-refractivity contribution in [1.29, 1.82) is 0 Å². The van der Waals surface area contributed by atoms with Crippen molar-refractivity contribution in [1.82, 2.24) is 16.0 Å². The molecule has 0 radical (unpaired) electrons. The second kappa shape index (κ2) is 14.6. The number of nitrogens with two attached hydrogens (primary N) is 1. The molecule has 0 spiro atoms. The summed E-state index contributed by atoms with van der Waals surface area (Å²) in [6, 6.07) is 3.73. The molecule has 11 nitrogen and oxygen atoms in total. The molecule has 0 aliphatic heterocycles. The van der Waals surface area contributed by atoms with E-state index in [-0.39, 0.29) is 12.8 Å². The third-order valence-electron chi connectivity index (χ3n) is 5.03. The van der Waals surface area contributed by atoms with Crippen LogP contribution in [0, 0.1) is 0 Å². The van der Waals surface area contributed by atoms with E-state index in [2.05, 4.69) is 16.0 Å². The van der Waals surface area contributed by atoms with Crippen LogP contribution < -0.4 is 21.7 Å². The molecule has 1 rings (SSSR count). The van der Waals surface area contributed by atoms with E-state index in [9.17, 15) is 34.5 Å². The minimum absolute atomic E-state index is 0.0426. The second-order valence-corrected chi connectivity index (χ2v) is 8.91. The number of hydrogen-bond acceptors (Lipinski definition) is 8. The van der Waals surface area contributed by atoms with Gasteiger partial charge in [-0.2, -0.15) is 11.8 Å². The summed E-state index contributed by atoms with van der Waals surface area (Å²) in [5.41, 5.74) is 6.36. The van der Waals surface area contributed by atoms with Gasteiger partial charge in [0, 0.05) is 6.42 Å². The van der Waals surface area contributed by atoms with E-state index in [1.165, 1.54) is 25.6 Å². The fourth-order valence-electron chi connectivity index (χ4n) is 2.97. The van der Waals surface area contributed by atoms with Crippen LogP contribution in [-0.4, -0.2) is 87.4 Å². The van der Waals surface area contributed by atoms with Gasteiger partial charge in [-0.1, -0.05) is 30.3 Å². The van der Waals surface area contributed by atoms with E-state index in [0.29, 0.717) is 11.3 Å². The van der Waals surface area contributed by atoms with Crippen LogP contribution in [-0.2, 0) is 25.6 Å². The highest BCUT2D eigenvalue weighted by Crippen LogP contribution is 2.07. The topological polar surface area (TPSA) is 191 Å². The van der Waals surface area contributed by atoms with Crippen molar-refractivity contribution in [3.05, 3.63) is 35.9 Å². The molecule has 0 heterocycles. The average Bonchev–Trinajstić information content (AvgIpc) is 2.78. The standard InChI is InChI=1S/C22H34N4O7S/c1-12(27)17(23)21(31)24-15(9-10-34-3)19(29)25-16(11-14-7-5-4-6-8-14)20(30)26-18(13(2)28)22(32)33/h4-8,12-13,15-18,27-28H,9-11,23H2,1-3H3,(H,24,31)(H,25,29)(H,26,30)(H,32,33). The Hall–Kier alpha value is -2.67. The molecule has 190 valence electrons. The van der Waals surface area contributed by atoms with Crippen molar-refractivity contribution in [2.45, 2.75) is 63.1 Å². The summed E-state index contributed by atoms with van der Waals surface area (Å²) in [4.78, 5) is 49.7.